The Morgan fingerprint density at radius 2 is 2.03 bits per heavy atom. The van der Waals surface area contributed by atoms with Crippen LogP contribution in [0.2, 0.25) is 0 Å². The van der Waals surface area contributed by atoms with E-state index in [-0.39, 0.29) is 24.7 Å². The molecule has 1 saturated heterocycles. The molecule has 1 aliphatic rings. The van der Waals surface area contributed by atoms with Crippen molar-refractivity contribution in [1.82, 2.24) is 25.5 Å². The van der Waals surface area contributed by atoms with Crippen molar-refractivity contribution in [2.24, 2.45) is 0 Å². The molecule has 4 rings (SSSR count). The van der Waals surface area contributed by atoms with Gasteiger partial charge in [0.05, 0.1) is 23.1 Å². The Hall–Kier alpha value is -3.95. The number of hydrogen-bond donors (Lipinski definition) is 4. The highest BCUT2D eigenvalue weighted by Gasteiger charge is 2.40. The molecule has 3 heterocycles. The average molecular weight is 453 g/mol. The van der Waals surface area contributed by atoms with Crippen LogP contribution >= 0.6 is 0 Å². The van der Waals surface area contributed by atoms with Crippen molar-refractivity contribution in [1.29, 1.82) is 0 Å². The quantitative estimate of drug-likeness (QED) is 0.456. The van der Waals surface area contributed by atoms with Crippen LogP contribution in [0.15, 0.2) is 48.8 Å². The first-order valence-electron chi connectivity index (χ1n) is 10.6. The predicted octanol–water partition coefficient (Wildman–Crippen LogP) is 2.36. The summed E-state index contributed by atoms with van der Waals surface area (Å²) in [6.45, 7) is 1.60. The molecule has 33 heavy (non-hydrogen) atoms. The lowest BCUT2D eigenvalue weighted by molar-refractivity contribution is -0.130. The molecule has 0 spiro atoms. The van der Waals surface area contributed by atoms with Crippen LogP contribution in [0.25, 0.3) is 10.9 Å². The average Bonchev–Trinajstić information content (AvgIpc) is 3.40. The van der Waals surface area contributed by atoms with Gasteiger partial charge in [-0.1, -0.05) is 30.3 Å². The topological polar surface area (TPSA) is 127 Å². The highest BCUT2D eigenvalue weighted by Crippen LogP contribution is 2.32. The Kier molecular flexibility index (Phi) is 6.25. The summed E-state index contributed by atoms with van der Waals surface area (Å²) < 4.78 is 14.4. The Morgan fingerprint density at radius 3 is 2.73 bits per heavy atom. The molecule has 0 bridgehead atoms. The molecular formula is C23H24FN5O4. The van der Waals surface area contributed by atoms with Gasteiger partial charge in [-0.3, -0.25) is 19.5 Å². The van der Waals surface area contributed by atoms with E-state index in [1.54, 1.807) is 6.07 Å². The van der Waals surface area contributed by atoms with Crippen LogP contribution in [-0.2, 0) is 16.1 Å². The van der Waals surface area contributed by atoms with Crippen molar-refractivity contribution in [3.63, 3.8) is 0 Å². The number of nitrogens with one attached hydrogen (secondary N) is 3. The Balaban J connectivity index is 1.37. The smallest absolute Gasteiger partial charge is 0.408 e. The van der Waals surface area contributed by atoms with Crippen molar-refractivity contribution in [2.45, 2.75) is 37.9 Å². The highest BCUT2D eigenvalue weighted by molar-refractivity contribution is 5.91. The number of aromatic nitrogens is 2. The normalized spacial score (nSPS) is 18.8. The standard InChI is InChI=1S/C23H24FN5O4/c1-13(21(30)26-11-18-20(24)16-10-25-8-7-17(16)28-18)27-22(31)19-9-15(12-29(19)23(32)33)14-5-3-2-4-6-14/h2-8,10,13,15,19,28H,9,11-12H2,1H3,(H,26,30)(H,27,31)(H,32,33)/t13?,15-,19+/m0/s1. The van der Waals surface area contributed by atoms with E-state index in [4.69, 9.17) is 0 Å². The molecule has 3 amide bonds. The number of pyridine rings is 1. The van der Waals surface area contributed by atoms with Crippen molar-refractivity contribution < 1.29 is 23.9 Å². The molecule has 10 heteroatoms. The number of hydrogen-bond acceptors (Lipinski definition) is 4. The lowest BCUT2D eigenvalue weighted by atomic mass is 9.96. The van der Waals surface area contributed by atoms with Gasteiger partial charge < -0.3 is 20.7 Å². The number of halogens is 1. The summed E-state index contributed by atoms with van der Waals surface area (Å²) in [6.07, 6.45) is 2.07. The number of aromatic amines is 1. The first kappa shape index (κ1) is 22.3. The number of benzene rings is 1. The van der Waals surface area contributed by atoms with Crippen molar-refractivity contribution in [2.75, 3.05) is 6.54 Å². The minimum atomic E-state index is -1.19. The monoisotopic (exact) mass is 453 g/mol. The molecule has 1 aromatic carbocycles. The minimum Gasteiger partial charge on any atom is -0.465 e. The second-order valence-electron chi connectivity index (χ2n) is 8.08. The maximum absolute atomic E-state index is 14.4. The van der Waals surface area contributed by atoms with E-state index in [0.717, 1.165) is 10.5 Å². The second kappa shape index (κ2) is 9.27. The third kappa shape index (κ3) is 4.64. The molecule has 3 atom stereocenters. The third-order valence-corrected chi connectivity index (χ3v) is 5.92. The highest BCUT2D eigenvalue weighted by atomic mass is 19.1. The Morgan fingerprint density at radius 1 is 1.27 bits per heavy atom. The van der Waals surface area contributed by atoms with Gasteiger partial charge in [-0.05, 0) is 25.0 Å². The van der Waals surface area contributed by atoms with Crippen LogP contribution in [0, 0.1) is 5.82 Å². The zero-order chi connectivity index (χ0) is 23.5. The number of fused-ring (bicyclic) bond motifs is 1. The summed E-state index contributed by atoms with van der Waals surface area (Å²) in [6, 6.07) is 9.21. The van der Waals surface area contributed by atoms with Gasteiger partial charge in [0.25, 0.3) is 0 Å². The maximum Gasteiger partial charge on any atom is 0.408 e. The van der Waals surface area contributed by atoms with Crippen LogP contribution in [-0.4, -0.2) is 56.5 Å². The molecule has 0 radical (unpaired) electrons. The summed E-state index contributed by atoms with van der Waals surface area (Å²) >= 11 is 0. The predicted molar refractivity (Wildman–Crippen MR) is 118 cm³/mol. The molecule has 2 aromatic heterocycles. The van der Waals surface area contributed by atoms with E-state index < -0.39 is 35.8 Å². The third-order valence-electron chi connectivity index (χ3n) is 5.92. The van der Waals surface area contributed by atoms with Gasteiger partial charge in [-0.25, -0.2) is 9.18 Å². The van der Waals surface area contributed by atoms with E-state index in [2.05, 4.69) is 20.6 Å². The van der Waals surface area contributed by atoms with Crippen molar-refractivity contribution in [3.05, 3.63) is 65.9 Å². The zero-order valence-corrected chi connectivity index (χ0v) is 17.9. The fourth-order valence-corrected chi connectivity index (χ4v) is 4.15. The van der Waals surface area contributed by atoms with Crippen molar-refractivity contribution in [3.8, 4) is 0 Å². The molecule has 1 aliphatic heterocycles. The van der Waals surface area contributed by atoms with Crippen LogP contribution in [0.5, 0.6) is 0 Å². The molecule has 3 aromatic rings. The molecule has 1 unspecified atom stereocenters. The Labute approximate surface area is 189 Å². The number of carbonyl (C=O) groups excluding carboxylic acids is 2. The van der Waals surface area contributed by atoms with Gasteiger partial charge in [0, 0.05) is 24.9 Å². The van der Waals surface area contributed by atoms with Gasteiger partial charge in [0.1, 0.15) is 12.1 Å². The minimum absolute atomic E-state index is 0.0969. The van der Waals surface area contributed by atoms with Gasteiger partial charge in [-0.15, -0.1) is 0 Å². The van der Waals surface area contributed by atoms with Crippen LogP contribution in [0.3, 0.4) is 0 Å². The molecular weight excluding hydrogens is 429 g/mol. The maximum atomic E-state index is 14.4. The zero-order valence-electron chi connectivity index (χ0n) is 17.9. The largest absolute Gasteiger partial charge is 0.465 e. The summed E-state index contributed by atoms with van der Waals surface area (Å²) in [7, 11) is 0. The van der Waals surface area contributed by atoms with Crippen LogP contribution in [0.4, 0.5) is 9.18 Å². The number of amides is 3. The number of carbonyl (C=O) groups is 3. The van der Waals surface area contributed by atoms with E-state index in [1.807, 2.05) is 30.3 Å². The van der Waals surface area contributed by atoms with Crippen LogP contribution < -0.4 is 10.6 Å². The second-order valence-corrected chi connectivity index (χ2v) is 8.08. The van der Waals surface area contributed by atoms with Gasteiger partial charge in [-0.2, -0.15) is 0 Å². The molecule has 0 saturated carbocycles. The number of likely N-dealkylation sites (tertiary alicyclic amines) is 1. The first-order valence-corrected chi connectivity index (χ1v) is 10.6. The van der Waals surface area contributed by atoms with E-state index in [1.165, 1.54) is 19.3 Å². The number of nitrogens with zero attached hydrogens (tertiary/aromatic N) is 2. The molecule has 4 N–H and O–H groups in total. The summed E-state index contributed by atoms with van der Waals surface area (Å²) in [4.78, 5) is 44.9. The Bertz CT molecular complexity index is 1180. The van der Waals surface area contributed by atoms with Gasteiger partial charge in [0.2, 0.25) is 11.8 Å². The van der Waals surface area contributed by atoms with Gasteiger partial charge >= 0.3 is 6.09 Å². The molecule has 1 fully saturated rings. The van der Waals surface area contributed by atoms with Gasteiger partial charge in [0.15, 0.2) is 5.82 Å². The first-order chi connectivity index (χ1) is 15.8. The molecule has 9 nitrogen and oxygen atoms in total. The number of H-pyrrole nitrogens is 1. The fraction of sp³-hybridized carbons (Fsp3) is 0.304. The SMILES string of the molecule is CC(NC(=O)[C@H]1C[C@H](c2ccccc2)CN1C(=O)O)C(=O)NCc1[nH]c2ccncc2c1F. The molecule has 172 valence electrons. The summed E-state index contributed by atoms with van der Waals surface area (Å²) in [5, 5.41) is 15.1. The van der Waals surface area contributed by atoms with E-state index in [9.17, 15) is 23.9 Å². The molecule has 0 aliphatic carbocycles. The lowest BCUT2D eigenvalue weighted by Gasteiger charge is -2.22. The van der Waals surface area contributed by atoms with Crippen molar-refractivity contribution >= 4 is 28.8 Å². The van der Waals surface area contributed by atoms with Crippen LogP contribution in [0.1, 0.15) is 30.5 Å². The lowest BCUT2D eigenvalue weighted by Crippen LogP contribution is -2.51. The van der Waals surface area contributed by atoms with E-state index in [0.29, 0.717) is 17.3 Å². The summed E-state index contributed by atoms with van der Waals surface area (Å²) in [5.41, 5.74) is 1.72. The van der Waals surface area contributed by atoms with E-state index >= 15 is 0 Å². The number of rotatable bonds is 6. The number of carboxylic acid groups (broad SMARTS) is 1. The summed E-state index contributed by atoms with van der Waals surface area (Å²) in [5.74, 6) is -1.66. The fourth-order valence-electron chi connectivity index (χ4n) is 4.15.